The molecule has 172 valence electrons. The van der Waals surface area contributed by atoms with Gasteiger partial charge < -0.3 is 25.4 Å². The van der Waals surface area contributed by atoms with Gasteiger partial charge in [-0.1, -0.05) is 24.3 Å². The first kappa shape index (κ1) is 22.3. The van der Waals surface area contributed by atoms with Crippen LogP contribution >= 0.6 is 0 Å². The predicted octanol–water partition coefficient (Wildman–Crippen LogP) is 0.491. The summed E-state index contributed by atoms with van der Waals surface area (Å²) in [5.41, 5.74) is 1.06. The molecule has 1 aromatic carbocycles. The molecule has 4 amide bonds. The second-order valence-corrected chi connectivity index (χ2v) is 9.03. The second kappa shape index (κ2) is 8.91. The van der Waals surface area contributed by atoms with Gasteiger partial charge in [0.25, 0.3) is 0 Å². The summed E-state index contributed by atoms with van der Waals surface area (Å²) < 4.78 is 5.64. The Hall–Kier alpha value is -2.91. The van der Waals surface area contributed by atoms with Gasteiger partial charge >= 0.3 is 6.03 Å². The summed E-state index contributed by atoms with van der Waals surface area (Å²) in [6.45, 7) is 2.34. The molecule has 3 heterocycles. The van der Waals surface area contributed by atoms with E-state index in [1.807, 2.05) is 43.3 Å². The third-order valence-corrected chi connectivity index (χ3v) is 6.47. The van der Waals surface area contributed by atoms with Crippen molar-refractivity contribution >= 4 is 17.8 Å². The molecule has 2 bridgehead atoms. The minimum absolute atomic E-state index is 0.0599. The normalized spacial score (nSPS) is 27.7. The van der Waals surface area contributed by atoms with E-state index in [4.69, 9.17) is 4.74 Å². The lowest BCUT2D eigenvalue weighted by Crippen LogP contribution is -2.50. The molecule has 2 saturated heterocycles. The third kappa shape index (κ3) is 4.35. The monoisotopic (exact) mass is 442 g/mol. The molecule has 4 unspecified atom stereocenters. The predicted molar refractivity (Wildman–Crippen MR) is 117 cm³/mol. The van der Waals surface area contributed by atoms with Crippen molar-refractivity contribution in [2.24, 2.45) is 11.8 Å². The number of nitrogens with one attached hydrogen (secondary N) is 2. The number of hydrogen-bond acceptors (Lipinski definition) is 6. The van der Waals surface area contributed by atoms with Gasteiger partial charge in [-0.05, 0) is 45.1 Å². The molecule has 0 aliphatic carbocycles. The van der Waals surface area contributed by atoms with Crippen molar-refractivity contribution in [3.8, 4) is 5.75 Å². The van der Waals surface area contributed by atoms with E-state index >= 15 is 0 Å². The summed E-state index contributed by atoms with van der Waals surface area (Å²) >= 11 is 0. The average molecular weight is 443 g/mol. The highest BCUT2D eigenvalue weighted by Crippen LogP contribution is 2.44. The van der Waals surface area contributed by atoms with E-state index in [-0.39, 0.29) is 54.4 Å². The summed E-state index contributed by atoms with van der Waals surface area (Å²) in [7, 11) is 3.89. The lowest BCUT2D eigenvalue weighted by Gasteiger charge is -2.26. The van der Waals surface area contributed by atoms with Gasteiger partial charge in [-0.15, -0.1) is 0 Å². The number of hydrogen-bond donors (Lipinski definition) is 3. The van der Waals surface area contributed by atoms with Crippen LogP contribution in [-0.2, 0) is 20.7 Å². The number of rotatable bonds is 8. The number of carbonyl (C=O) groups excluding carboxylic acids is 3. The number of carbonyl (C=O) groups is 3. The zero-order chi connectivity index (χ0) is 23.0. The number of phenols is 1. The Morgan fingerprint density at radius 2 is 1.72 bits per heavy atom. The van der Waals surface area contributed by atoms with Crippen molar-refractivity contribution in [3.63, 3.8) is 0 Å². The number of imide groups is 1. The van der Waals surface area contributed by atoms with Crippen molar-refractivity contribution in [1.29, 1.82) is 0 Å². The van der Waals surface area contributed by atoms with Gasteiger partial charge in [0.05, 0.1) is 24.0 Å². The molecule has 0 radical (unpaired) electrons. The molecule has 3 N–H and O–H groups in total. The highest BCUT2D eigenvalue weighted by Gasteiger charge is 2.60. The molecule has 3 aliphatic rings. The van der Waals surface area contributed by atoms with Crippen LogP contribution in [0.3, 0.4) is 0 Å². The van der Waals surface area contributed by atoms with Crippen LogP contribution in [-0.4, -0.2) is 84.2 Å². The van der Waals surface area contributed by atoms with Crippen LogP contribution in [0.1, 0.15) is 12.5 Å². The van der Waals surface area contributed by atoms with Crippen LogP contribution < -0.4 is 10.6 Å². The number of fused-ring (bicyclic) bond motifs is 5. The molecule has 0 saturated carbocycles. The van der Waals surface area contributed by atoms with Crippen molar-refractivity contribution in [1.82, 2.24) is 20.4 Å². The maximum atomic E-state index is 12.7. The third-order valence-electron chi connectivity index (χ3n) is 6.47. The lowest BCUT2D eigenvalue weighted by molar-refractivity contribution is -0.142. The Bertz CT molecular complexity index is 885. The zero-order valence-corrected chi connectivity index (χ0v) is 18.5. The number of urea groups is 1. The van der Waals surface area contributed by atoms with Gasteiger partial charge in [0.2, 0.25) is 11.8 Å². The standard InChI is InChI=1S/C23H30N4O5/c1-13(12-27-21(29)19-17-8-9-18(32-17)20(19)22(27)30)25-23(31)24-11-15(26(2)3)10-14-4-6-16(28)7-5-14/h4-9,13,15,17-20,28H,10-12H2,1-3H3,(H2,24,25,31)/t13-,15-,17?,18?,19?,20?/m0/s1. The van der Waals surface area contributed by atoms with Crippen molar-refractivity contribution in [3.05, 3.63) is 42.0 Å². The molecule has 9 heteroatoms. The fraction of sp³-hybridized carbons (Fsp3) is 0.522. The summed E-state index contributed by atoms with van der Waals surface area (Å²) in [6.07, 6.45) is 3.80. The zero-order valence-electron chi connectivity index (χ0n) is 18.5. The smallest absolute Gasteiger partial charge is 0.315 e. The quantitative estimate of drug-likeness (QED) is 0.399. The van der Waals surface area contributed by atoms with Crippen LogP contribution in [0.25, 0.3) is 0 Å². The van der Waals surface area contributed by atoms with Gasteiger partial charge in [0.1, 0.15) is 5.75 Å². The number of nitrogens with zero attached hydrogens (tertiary/aromatic N) is 2. The molecule has 6 atom stereocenters. The summed E-state index contributed by atoms with van der Waals surface area (Å²) in [5, 5.41) is 15.1. The first-order valence-electron chi connectivity index (χ1n) is 10.9. The Labute approximate surface area is 187 Å². The van der Waals surface area contributed by atoms with Crippen LogP contribution in [0.4, 0.5) is 4.79 Å². The fourth-order valence-electron chi connectivity index (χ4n) is 4.69. The largest absolute Gasteiger partial charge is 0.508 e. The van der Waals surface area contributed by atoms with Crippen LogP contribution in [0.5, 0.6) is 5.75 Å². The van der Waals surface area contributed by atoms with E-state index in [1.165, 1.54) is 4.90 Å². The minimum Gasteiger partial charge on any atom is -0.508 e. The molecule has 0 spiro atoms. The second-order valence-electron chi connectivity index (χ2n) is 9.03. The number of likely N-dealkylation sites (N-methyl/N-ethyl adjacent to an activating group) is 1. The van der Waals surface area contributed by atoms with Crippen molar-refractivity contribution in [2.75, 3.05) is 27.2 Å². The minimum atomic E-state index is -0.431. The first-order valence-corrected chi connectivity index (χ1v) is 10.9. The Morgan fingerprint density at radius 3 is 2.28 bits per heavy atom. The Balaban J connectivity index is 1.26. The first-order chi connectivity index (χ1) is 15.2. The Kier molecular flexibility index (Phi) is 6.21. The topological polar surface area (TPSA) is 111 Å². The summed E-state index contributed by atoms with van der Waals surface area (Å²) in [6, 6.07) is 6.34. The van der Waals surface area contributed by atoms with Gasteiger partial charge in [-0.3, -0.25) is 14.5 Å². The summed E-state index contributed by atoms with van der Waals surface area (Å²) in [4.78, 5) is 41.2. The van der Waals surface area contributed by atoms with E-state index in [0.717, 1.165) is 5.56 Å². The number of likely N-dealkylation sites (tertiary alicyclic amines) is 1. The molecule has 9 nitrogen and oxygen atoms in total. The molecule has 2 fully saturated rings. The van der Waals surface area contributed by atoms with Gasteiger partial charge in [-0.2, -0.15) is 0 Å². The highest BCUT2D eigenvalue weighted by molar-refractivity contribution is 6.06. The van der Waals surface area contributed by atoms with Crippen molar-refractivity contribution < 1.29 is 24.2 Å². The van der Waals surface area contributed by atoms with E-state index in [2.05, 4.69) is 10.6 Å². The molecule has 0 aromatic heterocycles. The SMILES string of the molecule is C[C@@H](CN1C(=O)C2C3C=CC(O3)C2C1=O)NC(=O)NC[C@H](Cc1ccc(O)cc1)N(C)C. The number of aromatic hydroxyl groups is 1. The number of ether oxygens (including phenoxy) is 1. The molecule has 4 rings (SSSR count). The maximum Gasteiger partial charge on any atom is 0.315 e. The summed E-state index contributed by atoms with van der Waals surface area (Å²) in [5.74, 6) is -1.07. The maximum absolute atomic E-state index is 12.7. The number of benzene rings is 1. The van der Waals surface area contributed by atoms with E-state index in [0.29, 0.717) is 13.0 Å². The van der Waals surface area contributed by atoms with Gasteiger partial charge in [-0.25, -0.2) is 4.79 Å². The van der Waals surface area contributed by atoms with Gasteiger partial charge in [0.15, 0.2) is 0 Å². The Morgan fingerprint density at radius 1 is 1.12 bits per heavy atom. The number of amides is 4. The van der Waals surface area contributed by atoms with Crippen molar-refractivity contribution in [2.45, 2.75) is 37.6 Å². The van der Waals surface area contributed by atoms with E-state index < -0.39 is 11.8 Å². The van der Waals surface area contributed by atoms with E-state index in [9.17, 15) is 19.5 Å². The van der Waals surface area contributed by atoms with Crippen LogP contribution in [0, 0.1) is 11.8 Å². The fourth-order valence-corrected chi connectivity index (χ4v) is 4.69. The van der Waals surface area contributed by atoms with E-state index in [1.54, 1.807) is 19.1 Å². The lowest BCUT2D eigenvalue weighted by atomic mass is 9.85. The van der Waals surface area contributed by atoms with Crippen LogP contribution in [0.15, 0.2) is 36.4 Å². The molecule has 1 aromatic rings. The number of phenolic OH excluding ortho intramolecular Hbond substituents is 1. The molecular weight excluding hydrogens is 412 g/mol. The van der Waals surface area contributed by atoms with Crippen LogP contribution in [0.2, 0.25) is 0 Å². The molecular formula is C23H30N4O5. The highest BCUT2D eigenvalue weighted by atomic mass is 16.5. The molecule has 3 aliphatic heterocycles. The van der Waals surface area contributed by atoms with Gasteiger partial charge in [0, 0.05) is 25.2 Å². The average Bonchev–Trinajstić information content (AvgIpc) is 3.42. The molecule has 32 heavy (non-hydrogen) atoms.